The van der Waals surface area contributed by atoms with Crippen LogP contribution in [0.5, 0.6) is 5.75 Å². The molecule has 3 N–H and O–H groups in total. The van der Waals surface area contributed by atoms with Crippen molar-refractivity contribution in [2.45, 2.75) is 57.2 Å². The smallest absolute Gasteiger partial charge is 0.255 e. The van der Waals surface area contributed by atoms with Crippen molar-refractivity contribution >= 4 is 80.6 Å². The lowest BCUT2D eigenvalue weighted by Gasteiger charge is -2.44. The predicted molar refractivity (Wildman–Crippen MR) is 303 cm³/mol. The van der Waals surface area contributed by atoms with Crippen LogP contribution >= 0.6 is 23.1 Å². The van der Waals surface area contributed by atoms with Gasteiger partial charge in [-0.1, -0.05) is 36.4 Å². The number of amides is 3. The quantitative estimate of drug-likeness (QED) is 0.0702. The molecule has 4 saturated heterocycles. The molecule has 3 amide bonds. The van der Waals surface area contributed by atoms with Gasteiger partial charge in [0.2, 0.25) is 17.8 Å². The van der Waals surface area contributed by atoms with Crippen molar-refractivity contribution in [1.29, 1.82) is 0 Å². The number of hydrogen-bond acceptors (Lipinski definition) is 14. The van der Waals surface area contributed by atoms with E-state index in [4.69, 9.17) is 9.72 Å². The number of benzene rings is 4. The number of aromatic nitrogens is 4. The lowest BCUT2D eigenvalue weighted by Crippen LogP contribution is -2.54. The highest BCUT2D eigenvalue weighted by molar-refractivity contribution is 9.10. The number of anilines is 6. The first-order chi connectivity index (χ1) is 36.7. The zero-order valence-electron chi connectivity index (χ0n) is 43.7. The summed E-state index contributed by atoms with van der Waals surface area (Å²) in [5.74, 6) is 1.44. The first-order valence-electron chi connectivity index (χ1n) is 26.5. The second-order valence-corrected chi connectivity index (χ2v) is 25.3. The van der Waals surface area contributed by atoms with Gasteiger partial charge in [0.05, 0.1) is 29.2 Å². The van der Waals surface area contributed by atoms with Crippen LogP contribution in [-0.2, 0) is 27.7 Å². The third-order valence-corrected chi connectivity index (χ3v) is 18.1. The summed E-state index contributed by atoms with van der Waals surface area (Å²) in [6.07, 6.45) is 10.7. The van der Waals surface area contributed by atoms with Crippen molar-refractivity contribution in [3.63, 3.8) is 0 Å². The van der Waals surface area contributed by atoms with E-state index in [1.54, 1.807) is 31.5 Å². The Morgan fingerprint density at radius 1 is 0.776 bits per heavy atom. The van der Waals surface area contributed by atoms with Crippen LogP contribution in [0, 0.1) is 5.92 Å². The van der Waals surface area contributed by atoms with Gasteiger partial charge in [0, 0.05) is 137 Å². The van der Waals surface area contributed by atoms with Crippen molar-refractivity contribution in [3.8, 4) is 28.0 Å². The van der Waals surface area contributed by atoms with Crippen molar-refractivity contribution in [2.24, 2.45) is 13.0 Å². The molecular formula is C57H66BrN12O5P. The third kappa shape index (κ3) is 11.0. The van der Waals surface area contributed by atoms with Gasteiger partial charge in [-0.3, -0.25) is 29.3 Å². The average Bonchev–Trinajstić information content (AvgIpc) is 4.02. The van der Waals surface area contributed by atoms with Crippen LogP contribution < -0.4 is 35.8 Å². The summed E-state index contributed by atoms with van der Waals surface area (Å²) in [5.41, 5.74) is 9.37. The molecule has 1 atom stereocenters. The van der Waals surface area contributed by atoms with E-state index in [9.17, 15) is 18.9 Å². The maximum Gasteiger partial charge on any atom is 0.255 e. The third-order valence-electron chi connectivity index (χ3n) is 16.0. The van der Waals surface area contributed by atoms with Crippen LogP contribution in [0.1, 0.15) is 54.4 Å². The number of carbonyl (C=O) groups is 3. The highest BCUT2D eigenvalue weighted by Crippen LogP contribution is 2.43. The van der Waals surface area contributed by atoms with Crippen LogP contribution in [0.25, 0.3) is 22.3 Å². The number of methoxy groups -OCH3 is 1. The largest absolute Gasteiger partial charge is 0.494 e. The number of hydrogen-bond donors (Lipinski definition) is 3. The van der Waals surface area contributed by atoms with Gasteiger partial charge in [-0.25, -0.2) is 4.98 Å². The highest BCUT2D eigenvalue weighted by atomic mass is 79.9. The Bertz CT molecular complexity index is 3200. The Morgan fingerprint density at radius 2 is 1.54 bits per heavy atom. The molecule has 2 aromatic heterocycles. The molecule has 4 aromatic carbocycles. The molecule has 0 spiro atoms. The molecular weight excluding hydrogens is 1040 g/mol. The molecule has 5 aliphatic heterocycles. The number of imide groups is 1. The second-order valence-electron chi connectivity index (χ2n) is 21.3. The zero-order chi connectivity index (χ0) is 52.7. The lowest BCUT2D eigenvalue weighted by atomic mass is 9.95. The fourth-order valence-electron chi connectivity index (χ4n) is 11.8. The number of halogens is 1. The van der Waals surface area contributed by atoms with Gasteiger partial charge in [0.15, 0.2) is 0 Å². The number of ether oxygens (including phenoxy) is 1. The standard InChI is InChI=1S/C57H66BrN12O5P/c1-65-35-41(32-60-65)45-30-48(62-57-59-33-46(58)54(64-57)61-47-13-10-39(29-52(47)76(3,4)74)38-8-6-5-7-9-38)51(75-2)31-50(45)69-22-18-42(19-23-69)68-26-24-66(25-27-68)34-37-16-20-67(21-17-37)43-11-12-44-40(28-43)36-70(56(44)73)49-14-15-53(71)63-55(49)72/h5-13,28-33,35,37,42,49H,14-27,34,36H2,1-4H3,(H,63,71,72)(H2,59,61,62,64)/t49-/m0/s1. The normalized spacial score (nSPS) is 19.2. The Labute approximate surface area is 452 Å². The monoisotopic (exact) mass is 1110 g/mol. The van der Waals surface area contributed by atoms with E-state index < -0.39 is 13.2 Å². The van der Waals surface area contributed by atoms with Crippen LogP contribution in [0.4, 0.5) is 34.5 Å². The van der Waals surface area contributed by atoms with E-state index in [0.29, 0.717) is 58.2 Å². The van der Waals surface area contributed by atoms with Gasteiger partial charge < -0.3 is 39.5 Å². The summed E-state index contributed by atoms with van der Waals surface area (Å²) < 4.78 is 22.3. The Morgan fingerprint density at radius 3 is 2.25 bits per heavy atom. The van der Waals surface area contributed by atoms with Gasteiger partial charge in [-0.15, -0.1) is 0 Å². The summed E-state index contributed by atoms with van der Waals surface area (Å²) >= 11 is 3.65. The number of nitrogens with one attached hydrogen (secondary N) is 3. The molecule has 11 rings (SSSR count). The average molecular weight is 1110 g/mol. The van der Waals surface area contributed by atoms with Crippen LogP contribution in [0.15, 0.2) is 102 Å². The Balaban J connectivity index is 0.696. The van der Waals surface area contributed by atoms with E-state index in [2.05, 4.69) is 98.0 Å². The molecule has 7 heterocycles. The van der Waals surface area contributed by atoms with Crippen LogP contribution in [0.2, 0.25) is 0 Å². The molecule has 396 valence electrons. The number of aryl methyl sites for hydroxylation is 1. The van der Waals surface area contributed by atoms with Crippen LogP contribution in [-0.4, -0.2) is 144 Å². The molecule has 6 aromatic rings. The van der Waals surface area contributed by atoms with E-state index in [1.807, 2.05) is 66.6 Å². The molecule has 76 heavy (non-hydrogen) atoms. The Kier molecular flexibility index (Phi) is 14.8. The summed E-state index contributed by atoms with van der Waals surface area (Å²) in [4.78, 5) is 59.0. The van der Waals surface area contributed by atoms with Crippen molar-refractivity contribution in [2.75, 3.05) is 99.8 Å². The maximum atomic E-state index is 13.7. The Hall–Kier alpha value is -6.59. The highest BCUT2D eigenvalue weighted by Gasteiger charge is 2.40. The summed E-state index contributed by atoms with van der Waals surface area (Å²) in [6.45, 7) is 13.2. The minimum atomic E-state index is -2.70. The first kappa shape index (κ1) is 51.5. The molecule has 19 heteroatoms. The lowest BCUT2D eigenvalue weighted by molar-refractivity contribution is -0.136. The second kappa shape index (κ2) is 21.8. The van der Waals surface area contributed by atoms with E-state index in [1.165, 1.54) is 0 Å². The molecule has 5 aliphatic rings. The molecule has 0 radical (unpaired) electrons. The first-order valence-corrected chi connectivity index (χ1v) is 29.9. The molecule has 4 fully saturated rings. The number of rotatable bonds is 14. The minimum absolute atomic E-state index is 0.128. The maximum absolute atomic E-state index is 13.7. The SMILES string of the molecule is COc1cc(N2CCC(N3CCN(CC4CCN(c5ccc6c(c5)CN([C@H]5CCC(=O)NC5=O)C6=O)CC4)CC3)CC2)c(-c2cnn(C)c2)cc1Nc1ncc(Br)c(Nc2ccc(-c3ccccc3)cc2P(C)(C)=O)n1. The molecule has 0 saturated carbocycles. The fraction of sp³-hybridized carbons (Fsp3) is 0.404. The van der Waals surface area contributed by atoms with E-state index in [0.717, 1.165) is 135 Å². The number of piperidine rings is 3. The van der Waals surface area contributed by atoms with Crippen molar-refractivity contribution in [1.82, 2.24) is 39.8 Å². The summed E-state index contributed by atoms with van der Waals surface area (Å²) in [5, 5.41) is 14.6. The van der Waals surface area contributed by atoms with Gasteiger partial charge >= 0.3 is 0 Å². The van der Waals surface area contributed by atoms with Gasteiger partial charge in [-0.2, -0.15) is 10.1 Å². The number of fused-ring (bicyclic) bond motifs is 1. The number of nitrogens with zero attached hydrogens (tertiary/aromatic N) is 9. The predicted octanol–water partition coefficient (Wildman–Crippen LogP) is 8.31. The zero-order valence-corrected chi connectivity index (χ0v) is 46.2. The number of carbonyl (C=O) groups excluding carboxylic acids is 3. The van der Waals surface area contributed by atoms with Gasteiger partial charge in [-0.05, 0) is 120 Å². The van der Waals surface area contributed by atoms with Gasteiger partial charge in [0.25, 0.3) is 5.91 Å². The van der Waals surface area contributed by atoms with Gasteiger partial charge in [0.1, 0.15) is 24.8 Å². The number of piperazine rings is 1. The van der Waals surface area contributed by atoms with Crippen molar-refractivity contribution < 1.29 is 23.7 Å². The van der Waals surface area contributed by atoms with E-state index in [-0.39, 0.29) is 24.1 Å². The summed E-state index contributed by atoms with van der Waals surface area (Å²) in [7, 11) is 0.921. The molecule has 0 aliphatic carbocycles. The van der Waals surface area contributed by atoms with Crippen LogP contribution in [0.3, 0.4) is 0 Å². The van der Waals surface area contributed by atoms with Crippen molar-refractivity contribution in [3.05, 3.63) is 113 Å². The van der Waals surface area contributed by atoms with E-state index >= 15 is 0 Å². The molecule has 17 nitrogen and oxygen atoms in total. The topological polar surface area (TPSA) is 173 Å². The summed E-state index contributed by atoms with van der Waals surface area (Å²) in [6, 6.07) is 26.4. The fourth-order valence-corrected chi connectivity index (χ4v) is 13.3. The molecule has 0 bridgehead atoms. The molecule has 0 unspecified atom stereocenters. The minimum Gasteiger partial charge on any atom is -0.494 e.